The van der Waals surface area contributed by atoms with Crippen molar-refractivity contribution in [3.05, 3.63) is 35.1 Å². The van der Waals surface area contributed by atoms with Crippen LogP contribution in [0.25, 0.3) is 0 Å². The SMILES string of the molecule is CC(C)(C)C1CNCc2cccc(F)c21. The molecule has 0 radical (unpaired) electrons. The van der Waals surface area contributed by atoms with E-state index in [9.17, 15) is 4.39 Å². The van der Waals surface area contributed by atoms with Crippen molar-refractivity contribution < 1.29 is 4.39 Å². The van der Waals surface area contributed by atoms with Gasteiger partial charge in [0, 0.05) is 19.0 Å². The lowest BCUT2D eigenvalue weighted by Gasteiger charge is -2.36. The van der Waals surface area contributed by atoms with Gasteiger partial charge in [-0.2, -0.15) is 0 Å². The van der Waals surface area contributed by atoms with Crippen LogP contribution in [0.3, 0.4) is 0 Å². The summed E-state index contributed by atoms with van der Waals surface area (Å²) in [6, 6.07) is 5.38. The zero-order valence-electron chi connectivity index (χ0n) is 9.60. The van der Waals surface area contributed by atoms with Crippen LogP contribution in [0.1, 0.15) is 37.8 Å². The average molecular weight is 207 g/mol. The molecule has 1 unspecified atom stereocenters. The summed E-state index contributed by atoms with van der Waals surface area (Å²) in [5, 5.41) is 3.36. The Balaban J connectivity index is 2.50. The number of fused-ring (bicyclic) bond motifs is 1. The predicted octanol–water partition coefficient (Wildman–Crippen LogP) is 3.06. The molecule has 0 fully saturated rings. The van der Waals surface area contributed by atoms with Crippen molar-refractivity contribution in [2.24, 2.45) is 5.41 Å². The van der Waals surface area contributed by atoms with Gasteiger partial charge in [0.2, 0.25) is 0 Å². The van der Waals surface area contributed by atoms with Gasteiger partial charge >= 0.3 is 0 Å². The van der Waals surface area contributed by atoms with E-state index in [0.717, 1.165) is 24.2 Å². The second kappa shape index (κ2) is 3.60. The fourth-order valence-corrected chi connectivity index (χ4v) is 2.32. The number of nitrogens with one attached hydrogen (secondary N) is 1. The van der Waals surface area contributed by atoms with Crippen LogP contribution in [0.2, 0.25) is 0 Å². The van der Waals surface area contributed by atoms with Gasteiger partial charge in [-0.25, -0.2) is 4.39 Å². The van der Waals surface area contributed by atoms with Crippen molar-refractivity contribution in [3.8, 4) is 0 Å². The van der Waals surface area contributed by atoms with Crippen molar-refractivity contribution >= 4 is 0 Å². The van der Waals surface area contributed by atoms with Crippen molar-refractivity contribution in [1.82, 2.24) is 5.32 Å². The molecule has 0 saturated heterocycles. The highest BCUT2D eigenvalue weighted by molar-refractivity contribution is 5.35. The van der Waals surface area contributed by atoms with E-state index in [-0.39, 0.29) is 17.2 Å². The van der Waals surface area contributed by atoms with Crippen LogP contribution in [0.5, 0.6) is 0 Å². The molecular weight excluding hydrogens is 189 g/mol. The molecule has 1 atom stereocenters. The molecule has 1 aliphatic rings. The minimum atomic E-state index is -0.0473. The van der Waals surface area contributed by atoms with Crippen LogP contribution >= 0.6 is 0 Å². The molecule has 1 aromatic carbocycles. The third-order valence-electron chi connectivity index (χ3n) is 3.20. The summed E-state index contributed by atoms with van der Waals surface area (Å²) in [6.45, 7) is 8.17. The van der Waals surface area contributed by atoms with Gasteiger partial charge in [-0.15, -0.1) is 0 Å². The average Bonchev–Trinajstić information content (AvgIpc) is 2.16. The van der Waals surface area contributed by atoms with Crippen molar-refractivity contribution in [1.29, 1.82) is 0 Å². The van der Waals surface area contributed by atoms with E-state index >= 15 is 0 Å². The molecule has 1 aliphatic heterocycles. The van der Waals surface area contributed by atoms with Gasteiger partial charge in [0.1, 0.15) is 5.82 Å². The van der Waals surface area contributed by atoms with E-state index in [1.54, 1.807) is 12.1 Å². The van der Waals surface area contributed by atoms with Gasteiger partial charge < -0.3 is 5.32 Å². The fraction of sp³-hybridized carbons (Fsp3) is 0.538. The number of hydrogen-bond donors (Lipinski definition) is 1. The summed E-state index contributed by atoms with van der Waals surface area (Å²) < 4.78 is 13.8. The second-order valence-electron chi connectivity index (χ2n) is 5.36. The lowest BCUT2D eigenvalue weighted by Crippen LogP contribution is -2.35. The van der Waals surface area contributed by atoms with Gasteiger partial charge in [0.05, 0.1) is 0 Å². The van der Waals surface area contributed by atoms with Crippen molar-refractivity contribution in [2.45, 2.75) is 33.2 Å². The molecule has 1 N–H and O–H groups in total. The van der Waals surface area contributed by atoms with Crippen LogP contribution in [0.15, 0.2) is 18.2 Å². The monoisotopic (exact) mass is 207 g/mol. The predicted molar refractivity (Wildman–Crippen MR) is 60.3 cm³/mol. The van der Waals surface area contributed by atoms with Crippen LogP contribution in [-0.4, -0.2) is 6.54 Å². The quantitative estimate of drug-likeness (QED) is 0.689. The summed E-state index contributed by atoms with van der Waals surface area (Å²) in [5.74, 6) is 0.219. The first kappa shape index (κ1) is 10.6. The maximum atomic E-state index is 13.8. The van der Waals surface area contributed by atoms with Crippen LogP contribution in [0, 0.1) is 11.2 Å². The molecule has 0 aromatic heterocycles. The minimum Gasteiger partial charge on any atom is -0.312 e. The number of rotatable bonds is 0. The Bertz CT molecular complexity index is 365. The maximum Gasteiger partial charge on any atom is 0.127 e. The zero-order valence-corrected chi connectivity index (χ0v) is 9.60. The molecule has 0 spiro atoms. The topological polar surface area (TPSA) is 12.0 Å². The van der Waals surface area contributed by atoms with Gasteiger partial charge in [-0.3, -0.25) is 0 Å². The van der Waals surface area contributed by atoms with Crippen LogP contribution in [0.4, 0.5) is 4.39 Å². The molecule has 2 rings (SSSR count). The smallest absolute Gasteiger partial charge is 0.127 e. The largest absolute Gasteiger partial charge is 0.312 e. The molecule has 0 aliphatic carbocycles. The first-order valence-electron chi connectivity index (χ1n) is 5.48. The Labute approximate surface area is 90.7 Å². The number of benzene rings is 1. The Morgan fingerprint density at radius 1 is 1.33 bits per heavy atom. The number of hydrogen-bond acceptors (Lipinski definition) is 1. The van der Waals surface area contributed by atoms with E-state index in [2.05, 4.69) is 26.1 Å². The lowest BCUT2D eigenvalue weighted by atomic mass is 9.73. The fourth-order valence-electron chi connectivity index (χ4n) is 2.32. The third kappa shape index (κ3) is 1.91. The maximum absolute atomic E-state index is 13.8. The highest BCUT2D eigenvalue weighted by Crippen LogP contribution is 2.39. The second-order valence-corrected chi connectivity index (χ2v) is 5.36. The minimum absolute atomic E-state index is 0.0473. The molecule has 2 heteroatoms. The molecule has 0 amide bonds. The van der Waals surface area contributed by atoms with E-state index in [0.29, 0.717) is 0 Å². The van der Waals surface area contributed by atoms with E-state index in [1.807, 2.05) is 6.07 Å². The summed E-state index contributed by atoms with van der Waals surface area (Å²) in [7, 11) is 0. The Hall–Kier alpha value is -0.890. The molecule has 0 saturated carbocycles. The van der Waals surface area contributed by atoms with Gasteiger partial charge in [0.25, 0.3) is 0 Å². The Kier molecular flexibility index (Phi) is 2.55. The molecule has 1 aromatic rings. The lowest BCUT2D eigenvalue weighted by molar-refractivity contribution is 0.288. The van der Waals surface area contributed by atoms with Crippen molar-refractivity contribution in [2.75, 3.05) is 6.54 Å². The van der Waals surface area contributed by atoms with Crippen LogP contribution in [-0.2, 0) is 6.54 Å². The van der Waals surface area contributed by atoms with Gasteiger partial charge in [0.15, 0.2) is 0 Å². The summed E-state index contributed by atoms with van der Waals surface area (Å²) in [4.78, 5) is 0. The van der Waals surface area contributed by atoms with Gasteiger partial charge in [-0.1, -0.05) is 32.9 Å². The molecule has 0 bridgehead atoms. The molecule has 15 heavy (non-hydrogen) atoms. The van der Waals surface area contributed by atoms with E-state index in [4.69, 9.17) is 0 Å². The Morgan fingerprint density at radius 3 is 2.73 bits per heavy atom. The van der Waals surface area contributed by atoms with Crippen LogP contribution < -0.4 is 5.32 Å². The van der Waals surface area contributed by atoms with Gasteiger partial charge in [-0.05, 0) is 22.6 Å². The Morgan fingerprint density at radius 2 is 2.07 bits per heavy atom. The van der Waals surface area contributed by atoms with E-state index in [1.165, 1.54) is 0 Å². The number of halogens is 1. The highest BCUT2D eigenvalue weighted by Gasteiger charge is 2.32. The highest BCUT2D eigenvalue weighted by atomic mass is 19.1. The normalized spacial score (nSPS) is 21.2. The summed E-state index contributed by atoms with van der Waals surface area (Å²) in [6.07, 6.45) is 0. The molecule has 1 heterocycles. The first-order chi connectivity index (χ1) is 7.00. The first-order valence-corrected chi connectivity index (χ1v) is 5.48. The zero-order chi connectivity index (χ0) is 11.1. The molecular formula is C13H18FN. The third-order valence-corrected chi connectivity index (χ3v) is 3.20. The molecule has 82 valence electrons. The molecule has 1 nitrogen and oxygen atoms in total. The summed E-state index contributed by atoms with van der Waals surface area (Å²) in [5.41, 5.74) is 2.13. The standard InChI is InChI=1S/C13H18FN/c1-13(2,3)10-8-15-7-9-5-4-6-11(14)12(9)10/h4-6,10,15H,7-8H2,1-3H3. The van der Waals surface area contributed by atoms with Crippen molar-refractivity contribution in [3.63, 3.8) is 0 Å². The summed E-state index contributed by atoms with van der Waals surface area (Å²) >= 11 is 0. The van der Waals surface area contributed by atoms with E-state index < -0.39 is 0 Å².